The zero-order valence-electron chi connectivity index (χ0n) is 21.7. The summed E-state index contributed by atoms with van der Waals surface area (Å²) >= 11 is 0. The van der Waals surface area contributed by atoms with Gasteiger partial charge in [-0.3, -0.25) is 9.48 Å². The molecule has 0 saturated heterocycles. The largest absolute Gasteiger partial charge is 0.496 e. The molecular formula is C29H29N7O2. The number of nitrogens with zero attached hydrogens (tertiary/aromatic N) is 6. The fourth-order valence-corrected chi connectivity index (χ4v) is 4.33. The van der Waals surface area contributed by atoms with Crippen molar-refractivity contribution in [2.75, 3.05) is 23.9 Å². The number of hydrogen-bond donors (Lipinski definition) is 1. The number of carbonyl (C=O) groups excluding carboxylic acids is 1. The molecule has 9 nitrogen and oxygen atoms in total. The van der Waals surface area contributed by atoms with E-state index in [-0.39, 0.29) is 12.3 Å². The van der Waals surface area contributed by atoms with Crippen molar-refractivity contribution in [3.8, 4) is 23.1 Å². The Labute approximate surface area is 222 Å². The number of ether oxygens (including phenoxy) is 1. The van der Waals surface area contributed by atoms with E-state index in [4.69, 9.17) is 4.74 Å². The van der Waals surface area contributed by atoms with Gasteiger partial charge in [0.05, 0.1) is 36.7 Å². The number of nitriles is 1. The van der Waals surface area contributed by atoms with Crippen LogP contribution >= 0.6 is 0 Å². The van der Waals surface area contributed by atoms with Crippen molar-refractivity contribution in [2.45, 2.75) is 19.8 Å². The number of aryl methyl sites for hydroxylation is 1. The average Bonchev–Trinajstić information content (AvgIpc) is 3.55. The number of aromatic nitrogens is 4. The number of para-hydroxylation sites is 1. The topological polar surface area (TPSA) is 109 Å². The molecule has 4 aromatic rings. The molecule has 0 saturated carbocycles. The van der Waals surface area contributed by atoms with Crippen molar-refractivity contribution in [1.82, 2.24) is 19.7 Å². The molecule has 0 aliphatic carbocycles. The zero-order chi connectivity index (χ0) is 27.1. The summed E-state index contributed by atoms with van der Waals surface area (Å²) < 4.78 is 7.08. The Kier molecular flexibility index (Phi) is 8.14. The normalized spacial score (nSPS) is 11.6. The van der Waals surface area contributed by atoms with Crippen LogP contribution in [0.25, 0.3) is 11.3 Å². The van der Waals surface area contributed by atoms with Gasteiger partial charge in [-0.05, 0) is 43.2 Å². The van der Waals surface area contributed by atoms with Crippen molar-refractivity contribution >= 4 is 23.4 Å². The summed E-state index contributed by atoms with van der Waals surface area (Å²) in [5.41, 5.74) is 4.38. The van der Waals surface area contributed by atoms with Crippen LogP contribution in [0.15, 0.2) is 73.6 Å². The summed E-state index contributed by atoms with van der Waals surface area (Å²) in [6, 6.07) is 17.2. The maximum Gasteiger partial charge on any atom is 0.231 e. The molecule has 5 rings (SSSR count). The number of rotatable bonds is 6. The van der Waals surface area contributed by atoms with Crippen LogP contribution in [0.4, 0.5) is 17.5 Å². The highest BCUT2D eigenvalue weighted by atomic mass is 16.5. The molecule has 0 fully saturated rings. The lowest BCUT2D eigenvalue weighted by molar-refractivity contribution is -0.117. The molecule has 192 valence electrons. The van der Waals surface area contributed by atoms with E-state index in [9.17, 15) is 10.1 Å². The second-order valence-electron chi connectivity index (χ2n) is 8.57. The highest BCUT2D eigenvalue weighted by Crippen LogP contribution is 2.36. The Bertz CT molecular complexity index is 1500. The molecule has 9 heteroatoms. The van der Waals surface area contributed by atoms with Crippen LogP contribution in [0.5, 0.6) is 5.75 Å². The van der Waals surface area contributed by atoms with Gasteiger partial charge in [-0.25, -0.2) is 9.97 Å². The number of fused-ring (bicyclic) bond motifs is 1. The molecule has 1 aliphatic heterocycles. The summed E-state index contributed by atoms with van der Waals surface area (Å²) in [6.45, 7) is 5.78. The Morgan fingerprint density at radius 3 is 2.74 bits per heavy atom. The number of allylic oxidation sites excluding steroid dienone is 1. The van der Waals surface area contributed by atoms with Crippen molar-refractivity contribution in [3.63, 3.8) is 0 Å². The molecule has 0 bridgehead atoms. The van der Waals surface area contributed by atoms with E-state index in [0.29, 0.717) is 41.6 Å². The van der Waals surface area contributed by atoms with Crippen molar-refractivity contribution in [2.24, 2.45) is 7.05 Å². The van der Waals surface area contributed by atoms with Gasteiger partial charge in [-0.2, -0.15) is 10.4 Å². The first-order valence-electron chi connectivity index (χ1n) is 12.1. The zero-order valence-corrected chi connectivity index (χ0v) is 21.7. The second-order valence-corrected chi connectivity index (χ2v) is 8.57. The minimum absolute atomic E-state index is 0.0674. The lowest BCUT2D eigenvalue weighted by atomic mass is 10.0. The molecule has 0 unspecified atom stereocenters. The predicted molar refractivity (Wildman–Crippen MR) is 147 cm³/mol. The first-order valence-corrected chi connectivity index (χ1v) is 12.1. The summed E-state index contributed by atoms with van der Waals surface area (Å²) in [7, 11) is 3.42. The molecule has 1 amide bonds. The number of nitrogens with one attached hydrogen (secondary N) is 1. The maximum absolute atomic E-state index is 13.2. The minimum Gasteiger partial charge on any atom is -0.496 e. The standard InChI is InChI=1S/C26H23N7O2.C3H6/c1-32-23(8-11-29-32)31-26-28-10-7-21(30-26)19-13-18-9-12-33(25(18)20(14-19)16-27)24(34)15-17-5-3-4-6-22(17)35-2;1-3-2/h3-8,10-11,13-14H,9,12,15H2,1-2H3,(H,28,30,31);3H,1H2,2H3. The molecule has 0 spiro atoms. The van der Waals surface area contributed by atoms with Crippen LogP contribution < -0.4 is 15.0 Å². The first-order chi connectivity index (χ1) is 18.5. The molecule has 38 heavy (non-hydrogen) atoms. The number of methoxy groups -OCH3 is 1. The highest BCUT2D eigenvalue weighted by molar-refractivity contribution is 5.99. The number of amides is 1. The monoisotopic (exact) mass is 507 g/mol. The summed E-state index contributed by atoms with van der Waals surface area (Å²) in [6.07, 6.45) is 5.97. The van der Waals surface area contributed by atoms with Crippen molar-refractivity contribution in [3.05, 3.63) is 90.3 Å². The van der Waals surface area contributed by atoms with E-state index in [1.807, 2.05) is 50.4 Å². The minimum atomic E-state index is -0.0674. The van der Waals surface area contributed by atoms with Gasteiger partial charge in [0, 0.05) is 37.0 Å². The summed E-state index contributed by atoms with van der Waals surface area (Å²) in [5, 5.41) is 17.2. The SMILES string of the molecule is C=CC.COc1ccccc1CC(=O)N1CCc2cc(-c3ccnc(Nc4ccnn4C)n3)cc(C#N)c21. The maximum atomic E-state index is 13.2. The van der Waals surface area contributed by atoms with Gasteiger partial charge in [0.1, 0.15) is 17.6 Å². The third kappa shape index (κ3) is 5.55. The average molecular weight is 508 g/mol. The molecule has 1 N–H and O–H groups in total. The van der Waals surface area contributed by atoms with Gasteiger partial charge >= 0.3 is 0 Å². The van der Waals surface area contributed by atoms with Crippen LogP contribution in [0, 0.1) is 11.3 Å². The van der Waals surface area contributed by atoms with E-state index in [2.05, 4.69) is 33.0 Å². The third-order valence-electron chi connectivity index (χ3n) is 6.03. The second kappa shape index (κ2) is 11.8. The Morgan fingerprint density at radius 2 is 2.03 bits per heavy atom. The summed E-state index contributed by atoms with van der Waals surface area (Å²) in [5.74, 6) is 1.80. The van der Waals surface area contributed by atoms with Crippen LogP contribution in [-0.4, -0.2) is 39.3 Å². The van der Waals surface area contributed by atoms with Gasteiger partial charge in [0.15, 0.2) is 0 Å². The smallest absolute Gasteiger partial charge is 0.231 e. The fraction of sp³-hybridized carbons (Fsp3) is 0.207. The number of hydrogen-bond acceptors (Lipinski definition) is 7. The molecule has 2 aromatic carbocycles. The van der Waals surface area contributed by atoms with Crippen LogP contribution in [0.1, 0.15) is 23.6 Å². The predicted octanol–water partition coefficient (Wildman–Crippen LogP) is 4.83. The number of carbonyl (C=O) groups is 1. The quantitative estimate of drug-likeness (QED) is 0.373. The van der Waals surface area contributed by atoms with Gasteiger partial charge in [-0.1, -0.05) is 24.3 Å². The lowest BCUT2D eigenvalue weighted by Crippen LogP contribution is -2.31. The molecule has 0 atom stereocenters. The van der Waals surface area contributed by atoms with Crippen LogP contribution in [0.2, 0.25) is 0 Å². The van der Waals surface area contributed by atoms with Crippen LogP contribution in [-0.2, 0) is 24.7 Å². The first kappa shape index (κ1) is 26.1. The van der Waals surface area contributed by atoms with E-state index in [0.717, 1.165) is 22.5 Å². The lowest BCUT2D eigenvalue weighted by Gasteiger charge is -2.20. The molecule has 1 aliphatic rings. The van der Waals surface area contributed by atoms with E-state index >= 15 is 0 Å². The molecule has 0 radical (unpaired) electrons. The van der Waals surface area contributed by atoms with E-state index in [1.54, 1.807) is 47.3 Å². The van der Waals surface area contributed by atoms with E-state index in [1.165, 1.54) is 0 Å². The molecule has 2 aromatic heterocycles. The Hall–Kier alpha value is -4.97. The third-order valence-corrected chi connectivity index (χ3v) is 6.03. The fourth-order valence-electron chi connectivity index (χ4n) is 4.33. The number of anilines is 3. The summed E-state index contributed by atoms with van der Waals surface area (Å²) in [4.78, 5) is 23.8. The van der Waals surface area contributed by atoms with Gasteiger partial charge in [0.2, 0.25) is 11.9 Å². The molecule has 3 heterocycles. The van der Waals surface area contributed by atoms with E-state index < -0.39 is 0 Å². The van der Waals surface area contributed by atoms with Gasteiger partial charge < -0.3 is 15.0 Å². The Morgan fingerprint density at radius 1 is 1.24 bits per heavy atom. The Balaban J connectivity index is 0.00000107. The van der Waals surface area contributed by atoms with Crippen molar-refractivity contribution < 1.29 is 9.53 Å². The van der Waals surface area contributed by atoms with Crippen LogP contribution in [0.3, 0.4) is 0 Å². The van der Waals surface area contributed by atoms with Gasteiger partial charge in [0.25, 0.3) is 0 Å². The van der Waals surface area contributed by atoms with Gasteiger partial charge in [-0.15, -0.1) is 6.58 Å². The van der Waals surface area contributed by atoms with Crippen molar-refractivity contribution in [1.29, 1.82) is 5.26 Å². The molecular weight excluding hydrogens is 478 g/mol. The highest BCUT2D eigenvalue weighted by Gasteiger charge is 2.29. The number of benzene rings is 2.